The quantitative estimate of drug-likeness (QED) is 0.838. The number of benzene rings is 1. The van der Waals surface area contributed by atoms with Crippen LogP contribution in [0.5, 0.6) is 0 Å². The summed E-state index contributed by atoms with van der Waals surface area (Å²) < 4.78 is 0. The van der Waals surface area contributed by atoms with Crippen molar-refractivity contribution in [2.75, 3.05) is 13.1 Å². The van der Waals surface area contributed by atoms with Crippen LogP contribution in [0.4, 0.5) is 0 Å². The van der Waals surface area contributed by atoms with Gasteiger partial charge in [0.15, 0.2) is 0 Å². The highest BCUT2D eigenvalue weighted by Crippen LogP contribution is 2.32. The minimum absolute atomic E-state index is 0.0605. The van der Waals surface area contributed by atoms with E-state index in [1.165, 1.54) is 6.92 Å². The Morgan fingerprint density at radius 1 is 1.24 bits per heavy atom. The molecule has 1 heterocycles. The lowest BCUT2D eigenvalue weighted by Crippen LogP contribution is -2.27. The lowest BCUT2D eigenvalue weighted by molar-refractivity contribution is -0.141. The summed E-state index contributed by atoms with van der Waals surface area (Å²) in [6.07, 6.45) is 0. The molecule has 0 bridgehead atoms. The van der Waals surface area contributed by atoms with Crippen molar-refractivity contribution >= 4 is 11.9 Å². The average molecular weight is 233 g/mol. The highest BCUT2D eigenvalue weighted by molar-refractivity contribution is 5.78. The van der Waals surface area contributed by atoms with Gasteiger partial charge >= 0.3 is 5.97 Å². The minimum atomic E-state index is -0.831. The number of hydrogen-bond acceptors (Lipinski definition) is 2. The zero-order valence-electron chi connectivity index (χ0n) is 9.67. The molecule has 4 nitrogen and oxygen atoms in total. The number of nitrogens with zero attached hydrogens (tertiary/aromatic N) is 1. The molecule has 0 saturated carbocycles. The van der Waals surface area contributed by atoms with Crippen LogP contribution >= 0.6 is 0 Å². The Morgan fingerprint density at radius 3 is 2.41 bits per heavy atom. The molecule has 1 amide bonds. The second kappa shape index (κ2) is 4.57. The number of carbonyl (C=O) groups excluding carboxylic acids is 1. The molecule has 2 atom stereocenters. The van der Waals surface area contributed by atoms with Gasteiger partial charge in [-0.2, -0.15) is 0 Å². The molecular formula is C13H15NO3. The molecule has 1 aliphatic rings. The summed E-state index contributed by atoms with van der Waals surface area (Å²) in [4.78, 5) is 24.1. The lowest BCUT2D eigenvalue weighted by atomic mass is 9.89. The van der Waals surface area contributed by atoms with E-state index in [-0.39, 0.29) is 11.8 Å². The highest BCUT2D eigenvalue weighted by Gasteiger charge is 2.39. The Morgan fingerprint density at radius 2 is 1.88 bits per heavy atom. The van der Waals surface area contributed by atoms with E-state index in [1.807, 2.05) is 30.3 Å². The van der Waals surface area contributed by atoms with Crippen molar-refractivity contribution in [1.29, 1.82) is 0 Å². The molecule has 0 aliphatic carbocycles. The van der Waals surface area contributed by atoms with Crippen molar-refractivity contribution in [3.63, 3.8) is 0 Å². The van der Waals surface area contributed by atoms with Crippen molar-refractivity contribution < 1.29 is 14.7 Å². The summed E-state index contributed by atoms with van der Waals surface area (Å²) in [6, 6.07) is 9.53. The number of amides is 1. The van der Waals surface area contributed by atoms with Gasteiger partial charge in [-0.05, 0) is 5.56 Å². The van der Waals surface area contributed by atoms with E-state index in [9.17, 15) is 14.7 Å². The predicted molar refractivity (Wildman–Crippen MR) is 62.6 cm³/mol. The van der Waals surface area contributed by atoms with Gasteiger partial charge in [-0.1, -0.05) is 30.3 Å². The van der Waals surface area contributed by atoms with E-state index in [0.717, 1.165) is 5.56 Å². The van der Waals surface area contributed by atoms with Crippen LogP contribution in [-0.4, -0.2) is 35.0 Å². The van der Waals surface area contributed by atoms with Gasteiger partial charge in [-0.3, -0.25) is 9.59 Å². The summed E-state index contributed by atoms with van der Waals surface area (Å²) in [7, 11) is 0. The fraction of sp³-hybridized carbons (Fsp3) is 0.385. The largest absolute Gasteiger partial charge is 0.481 e. The first-order valence-electron chi connectivity index (χ1n) is 5.63. The van der Waals surface area contributed by atoms with Gasteiger partial charge in [-0.25, -0.2) is 0 Å². The molecule has 2 rings (SSSR count). The smallest absolute Gasteiger partial charge is 0.308 e. The molecule has 1 aliphatic heterocycles. The molecule has 4 heteroatoms. The normalized spacial score (nSPS) is 23.7. The monoisotopic (exact) mass is 233 g/mol. The lowest BCUT2D eigenvalue weighted by Gasteiger charge is -2.14. The second-order valence-corrected chi connectivity index (χ2v) is 4.39. The number of carboxylic acid groups (broad SMARTS) is 1. The molecule has 1 N–H and O–H groups in total. The van der Waals surface area contributed by atoms with E-state index in [4.69, 9.17) is 0 Å². The first kappa shape index (κ1) is 11.6. The number of hydrogen-bond donors (Lipinski definition) is 1. The van der Waals surface area contributed by atoms with Crippen LogP contribution in [0.15, 0.2) is 30.3 Å². The summed E-state index contributed by atoms with van der Waals surface area (Å²) >= 11 is 0. The zero-order valence-corrected chi connectivity index (χ0v) is 9.67. The van der Waals surface area contributed by atoms with Gasteiger partial charge in [0.25, 0.3) is 0 Å². The molecule has 1 fully saturated rings. The maximum Gasteiger partial charge on any atom is 0.308 e. The van der Waals surface area contributed by atoms with Crippen molar-refractivity contribution in [1.82, 2.24) is 4.90 Å². The molecular weight excluding hydrogens is 218 g/mol. The van der Waals surface area contributed by atoms with Gasteiger partial charge in [0.1, 0.15) is 0 Å². The van der Waals surface area contributed by atoms with Crippen LogP contribution in [-0.2, 0) is 9.59 Å². The van der Waals surface area contributed by atoms with Gasteiger partial charge in [0.05, 0.1) is 5.92 Å². The Balaban J connectivity index is 2.26. The van der Waals surface area contributed by atoms with E-state index < -0.39 is 11.9 Å². The Bertz CT molecular complexity index is 430. The third-order valence-corrected chi connectivity index (χ3v) is 3.31. The van der Waals surface area contributed by atoms with Gasteiger partial charge in [0, 0.05) is 25.9 Å². The van der Waals surface area contributed by atoms with Gasteiger partial charge in [-0.15, -0.1) is 0 Å². The molecule has 0 aromatic heterocycles. The summed E-state index contributed by atoms with van der Waals surface area (Å²) in [6.45, 7) is 2.28. The van der Waals surface area contributed by atoms with E-state index in [0.29, 0.717) is 13.1 Å². The van der Waals surface area contributed by atoms with Crippen LogP contribution < -0.4 is 0 Å². The molecule has 1 saturated heterocycles. The fourth-order valence-corrected chi connectivity index (χ4v) is 2.35. The maximum absolute atomic E-state index is 11.3. The SMILES string of the molecule is CC(=O)N1C[C@@H](C(=O)O)[C@H](c2ccccc2)C1. The number of rotatable bonds is 2. The van der Waals surface area contributed by atoms with E-state index >= 15 is 0 Å². The van der Waals surface area contributed by atoms with Crippen LogP contribution in [0, 0.1) is 5.92 Å². The van der Waals surface area contributed by atoms with Gasteiger partial charge < -0.3 is 10.0 Å². The maximum atomic E-state index is 11.3. The standard InChI is InChI=1S/C13H15NO3/c1-9(15)14-7-11(12(8-14)13(16)17)10-5-3-2-4-6-10/h2-6,11-12H,7-8H2,1H3,(H,16,17)/t11-,12+/m0/s1. The molecule has 90 valence electrons. The van der Waals surface area contributed by atoms with Crippen molar-refractivity contribution in [2.45, 2.75) is 12.8 Å². The third-order valence-electron chi connectivity index (χ3n) is 3.31. The molecule has 17 heavy (non-hydrogen) atoms. The molecule has 1 aromatic rings. The molecule has 1 aromatic carbocycles. The average Bonchev–Trinajstić information content (AvgIpc) is 2.75. The number of aliphatic carboxylic acids is 1. The van der Waals surface area contributed by atoms with Crippen LogP contribution in [0.3, 0.4) is 0 Å². The summed E-state index contributed by atoms with van der Waals surface area (Å²) in [5, 5.41) is 9.21. The first-order valence-corrected chi connectivity index (χ1v) is 5.63. The van der Waals surface area contributed by atoms with E-state index in [2.05, 4.69) is 0 Å². The van der Waals surface area contributed by atoms with E-state index in [1.54, 1.807) is 4.90 Å². The minimum Gasteiger partial charge on any atom is -0.481 e. The van der Waals surface area contributed by atoms with Crippen LogP contribution in [0.2, 0.25) is 0 Å². The van der Waals surface area contributed by atoms with Gasteiger partial charge in [0.2, 0.25) is 5.91 Å². The zero-order chi connectivity index (χ0) is 12.4. The third kappa shape index (κ3) is 2.30. The topological polar surface area (TPSA) is 57.6 Å². The van der Waals surface area contributed by atoms with Crippen LogP contribution in [0.1, 0.15) is 18.4 Å². The number of likely N-dealkylation sites (tertiary alicyclic amines) is 1. The van der Waals surface area contributed by atoms with Crippen molar-refractivity contribution in [3.8, 4) is 0 Å². The second-order valence-electron chi connectivity index (χ2n) is 4.39. The highest BCUT2D eigenvalue weighted by atomic mass is 16.4. The fourth-order valence-electron chi connectivity index (χ4n) is 2.35. The molecule has 0 unspecified atom stereocenters. The molecule has 0 spiro atoms. The molecule has 0 radical (unpaired) electrons. The van der Waals surface area contributed by atoms with Crippen LogP contribution in [0.25, 0.3) is 0 Å². The predicted octanol–water partition coefficient (Wildman–Crippen LogP) is 1.33. The Hall–Kier alpha value is -1.84. The first-order chi connectivity index (χ1) is 8.09. The summed E-state index contributed by atoms with van der Waals surface area (Å²) in [5.74, 6) is -1.49. The van der Waals surface area contributed by atoms with Crippen molar-refractivity contribution in [2.24, 2.45) is 5.92 Å². The van der Waals surface area contributed by atoms with Crippen molar-refractivity contribution in [3.05, 3.63) is 35.9 Å². The summed E-state index contributed by atoms with van der Waals surface area (Å²) in [5.41, 5.74) is 0.989. The Kier molecular flexibility index (Phi) is 3.13. The number of carbonyl (C=O) groups is 2. The number of carboxylic acids is 1. The Labute approximate surface area is 99.9 Å².